The van der Waals surface area contributed by atoms with Crippen LogP contribution in [0.2, 0.25) is 5.02 Å². The maximum absolute atomic E-state index is 13.6. The summed E-state index contributed by atoms with van der Waals surface area (Å²) in [5, 5.41) is 25.0. The molecule has 3 aromatic carbocycles. The first-order valence-corrected chi connectivity index (χ1v) is 13.8. The summed E-state index contributed by atoms with van der Waals surface area (Å²) >= 11 is 8.02. The van der Waals surface area contributed by atoms with Crippen LogP contribution in [0.3, 0.4) is 0 Å². The van der Waals surface area contributed by atoms with Crippen LogP contribution >= 0.6 is 34.2 Å². The van der Waals surface area contributed by atoms with E-state index < -0.39 is 44.6 Å². The van der Waals surface area contributed by atoms with E-state index in [1.54, 1.807) is 6.92 Å². The highest BCUT2D eigenvalue weighted by atomic mass is 127. The summed E-state index contributed by atoms with van der Waals surface area (Å²) < 4.78 is 22.3. The minimum absolute atomic E-state index is 0.0346. The number of imide groups is 2. The zero-order chi connectivity index (χ0) is 32.3. The largest absolute Gasteiger partial charge is 0.495 e. The van der Waals surface area contributed by atoms with E-state index in [-0.39, 0.29) is 51.6 Å². The normalized spacial score (nSPS) is 13.9. The zero-order valence-electron chi connectivity index (χ0n) is 22.9. The predicted octanol–water partition coefficient (Wildman–Crippen LogP) is 5.64. The predicted molar refractivity (Wildman–Crippen MR) is 164 cm³/mol. The number of amides is 4. The number of nitro benzene ring substituents is 2. The van der Waals surface area contributed by atoms with E-state index in [0.29, 0.717) is 8.47 Å². The van der Waals surface area contributed by atoms with Crippen LogP contribution in [0.15, 0.2) is 48.0 Å². The lowest BCUT2D eigenvalue weighted by molar-refractivity contribution is -0.394. The van der Waals surface area contributed by atoms with Crippen LogP contribution in [0.4, 0.5) is 21.9 Å². The number of anilines is 1. The number of nitro groups is 2. The van der Waals surface area contributed by atoms with Crippen molar-refractivity contribution in [1.82, 2.24) is 5.32 Å². The molecule has 1 heterocycles. The summed E-state index contributed by atoms with van der Waals surface area (Å²) in [6.07, 6.45) is 1.22. The average molecular weight is 739 g/mol. The van der Waals surface area contributed by atoms with Crippen LogP contribution in [-0.4, -0.2) is 48.5 Å². The molecule has 0 saturated carbocycles. The number of methoxy groups -OCH3 is 2. The van der Waals surface area contributed by atoms with E-state index in [9.17, 15) is 34.6 Å². The van der Waals surface area contributed by atoms with Crippen molar-refractivity contribution >= 4 is 75.2 Å². The van der Waals surface area contributed by atoms with Gasteiger partial charge in [0.25, 0.3) is 17.5 Å². The van der Waals surface area contributed by atoms with Gasteiger partial charge in [-0.2, -0.15) is 0 Å². The fraction of sp³-hybridized carbons (Fsp3) is 0.148. The van der Waals surface area contributed by atoms with Crippen molar-refractivity contribution in [2.24, 2.45) is 0 Å². The lowest BCUT2D eigenvalue weighted by Crippen LogP contribution is -2.54. The molecule has 44 heavy (non-hydrogen) atoms. The second kappa shape index (κ2) is 13.1. The van der Waals surface area contributed by atoms with Gasteiger partial charge >= 0.3 is 11.7 Å². The van der Waals surface area contributed by atoms with Crippen molar-refractivity contribution in [1.29, 1.82) is 0 Å². The Morgan fingerprint density at radius 3 is 2.27 bits per heavy atom. The fourth-order valence-corrected chi connectivity index (χ4v) is 5.02. The minimum Gasteiger partial charge on any atom is -0.495 e. The van der Waals surface area contributed by atoms with E-state index in [2.05, 4.69) is 5.32 Å². The van der Waals surface area contributed by atoms with Crippen molar-refractivity contribution in [2.75, 3.05) is 25.7 Å². The Kier molecular flexibility index (Phi) is 9.53. The van der Waals surface area contributed by atoms with Crippen LogP contribution in [0.1, 0.15) is 12.5 Å². The molecule has 1 saturated heterocycles. The summed E-state index contributed by atoms with van der Waals surface area (Å²) in [7, 11) is 2.65. The van der Waals surface area contributed by atoms with Crippen LogP contribution in [-0.2, 0) is 9.59 Å². The monoisotopic (exact) mass is 738 g/mol. The van der Waals surface area contributed by atoms with Gasteiger partial charge in [-0.05, 0) is 59.4 Å². The molecule has 1 aliphatic heterocycles. The number of carbonyl (C=O) groups excluding carboxylic acids is 3. The molecule has 228 valence electrons. The molecule has 4 amide bonds. The molecule has 1 aliphatic rings. The number of barbiturate groups is 1. The Balaban J connectivity index is 1.77. The molecule has 0 unspecified atom stereocenters. The Morgan fingerprint density at radius 2 is 1.66 bits per heavy atom. The molecule has 4 rings (SSSR count). The van der Waals surface area contributed by atoms with E-state index in [1.165, 1.54) is 44.6 Å². The minimum atomic E-state index is -1.03. The summed E-state index contributed by atoms with van der Waals surface area (Å²) in [6.45, 7) is 1.81. The van der Waals surface area contributed by atoms with Gasteiger partial charge in [0.1, 0.15) is 17.1 Å². The molecular weight excluding hydrogens is 719 g/mol. The Morgan fingerprint density at radius 1 is 0.955 bits per heavy atom. The number of hydrogen-bond donors (Lipinski definition) is 1. The molecule has 0 aliphatic carbocycles. The first-order valence-electron chi connectivity index (χ1n) is 12.3. The number of benzene rings is 3. The smallest absolute Gasteiger partial charge is 0.336 e. The summed E-state index contributed by atoms with van der Waals surface area (Å²) in [4.78, 5) is 61.0. The van der Waals surface area contributed by atoms with Gasteiger partial charge in [0.2, 0.25) is 5.75 Å². The third-order valence-corrected chi connectivity index (χ3v) is 7.10. The van der Waals surface area contributed by atoms with Crippen molar-refractivity contribution in [3.8, 4) is 28.7 Å². The summed E-state index contributed by atoms with van der Waals surface area (Å²) in [5.74, 6) is -1.90. The molecule has 0 spiro atoms. The van der Waals surface area contributed by atoms with Crippen LogP contribution in [0.25, 0.3) is 6.08 Å². The number of nitrogens with zero attached hydrogens (tertiary/aromatic N) is 3. The second-order valence-corrected chi connectivity index (χ2v) is 10.2. The molecule has 0 bridgehead atoms. The number of non-ortho nitro benzene ring substituents is 1. The van der Waals surface area contributed by atoms with Gasteiger partial charge in [-0.15, -0.1) is 0 Å². The topological polar surface area (TPSA) is 190 Å². The van der Waals surface area contributed by atoms with E-state index in [4.69, 9.17) is 30.5 Å². The van der Waals surface area contributed by atoms with Gasteiger partial charge in [0, 0.05) is 18.2 Å². The highest BCUT2D eigenvalue weighted by molar-refractivity contribution is 14.1. The molecule has 3 aromatic rings. The van der Waals surface area contributed by atoms with Crippen LogP contribution < -0.4 is 29.2 Å². The first-order chi connectivity index (χ1) is 20.9. The van der Waals surface area contributed by atoms with Gasteiger partial charge in [-0.3, -0.25) is 35.1 Å². The third-order valence-electron chi connectivity index (χ3n) is 6.00. The number of carbonyl (C=O) groups is 3. The van der Waals surface area contributed by atoms with Crippen molar-refractivity contribution < 1.29 is 43.2 Å². The highest BCUT2D eigenvalue weighted by Crippen LogP contribution is 2.42. The number of urea groups is 1. The van der Waals surface area contributed by atoms with Crippen molar-refractivity contribution in [2.45, 2.75) is 6.92 Å². The van der Waals surface area contributed by atoms with Gasteiger partial charge < -0.3 is 18.9 Å². The summed E-state index contributed by atoms with van der Waals surface area (Å²) in [5.41, 5.74) is -1.32. The molecule has 0 atom stereocenters. The van der Waals surface area contributed by atoms with Crippen molar-refractivity contribution in [3.05, 3.63) is 82.4 Å². The van der Waals surface area contributed by atoms with E-state index in [0.717, 1.165) is 18.2 Å². The highest BCUT2D eigenvalue weighted by Gasteiger charge is 2.39. The van der Waals surface area contributed by atoms with Crippen molar-refractivity contribution in [3.63, 3.8) is 0 Å². The van der Waals surface area contributed by atoms with Gasteiger partial charge in [-0.1, -0.05) is 11.6 Å². The molecule has 0 aromatic heterocycles. The molecule has 15 nitrogen and oxygen atoms in total. The van der Waals surface area contributed by atoms with Crippen LogP contribution in [0.5, 0.6) is 28.7 Å². The number of halogens is 2. The Labute approximate surface area is 266 Å². The van der Waals surface area contributed by atoms with Gasteiger partial charge in [0.05, 0.1) is 51.0 Å². The lowest BCUT2D eigenvalue weighted by Gasteiger charge is -2.28. The lowest BCUT2D eigenvalue weighted by atomic mass is 10.1. The molecule has 1 N–H and O–H groups in total. The zero-order valence-corrected chi connectivity index (χ0v) is 25.8. The molecular formula is C27H20ClIN4O11. The third kappa shape index (κ3) is 6.35. The van der Waals surface area contributed by atoms with Gasteiger partial charge in [0.15, 0.2) is 11.5 Å². The number of ether oxygens (including phenoxy) is 4. The molecule has 1 fully saturated rings. The molecule has 17 heteroatoms. The Bertz CT molecular complexity index is 1760. The SMILES string of the molecule is CCOc1cc(/C=C2\C(=O)NC(=O)N(c3cc(OC)c(Cl)cc3OC)C2=O)cc(I)c1Oc1ccc([N+](=O)[O-])cc1[N+](=O)[O-]. The summed E-state index contributed by atoms with van der Waals surface area (Å²) in [6, 6.07) is 7.46. The Hall–Kier alpha value is -4.97. The van der Waals surface area contributed by atoms with Gasteiger partial charge in [-0.25, -0.2) is 9.69 Å². The average Bonchev–Trinajstić information content (AvgIpc) is 2.97. The van der Waals surface area contributed by atoms with Crippen LogP contribution in [0, 0.1) is 23.8 Å². The maximum atomic E-state index is 13.6. The van der Waals surface area contributed by atoms with E-state index >= 15 is 0 Å². The standard InChI is InChI=1S/C27H20ClIN4O11/c1-4-43-23-9-13(8-17(29)24(23)44-20-6-5-14(32(37)38)10-19(20)33(39)40)7-15-25(34)30-27(36)31(26(15)35)18-12-21(41-2)16(28)11-22(18)42-3/h5-12H,4H2,1-3H3,(H,30,34,36)/b15-7+. The number of rotatable bonds is 10. The maximum Gasteiger partial charge on any atom is 0.336 e. The fourth-order valence-electron chi connectivity index (χ4n) is 4.05. The first kappa shape index (κ1) is 32.0. The van der Waals surface area contributed by atoms with E-state index in [1.807, 2.05) is 22.6 Å². The second-order valence-electron chi connectivity index (χ2n) is 8.65. The molecule has 0 radical (unpaired) electrons. The number of hydrogen-bond acceptors (Lipinski definition) is 11. The number of nitrogens with one attached hydrogen (secondary N) is 1. The quantitative estimate of drug-likeness (QED) is 0.0891.